The second-order valence-electron chi connectivity index (χ2n) is 4.22. The molecule has 1 atom stereocenters. The van der Waals surface area contributed by atoms with Gasteiger partial charge in [0, 0.05) is 6.42 Å². The highest BCUT2D eigenvalue weighted by Gasteiger charge is 2.27. The first kappa shape index (κ1) is 10.4. The van der Waals surface area contributed by atoms with Crippen LogP contribution in [0.2, 0.25) is 0 Å². The van der Waals surface area contributed by atoms with Crippen LogP contribution in [0.25, 0.3) is 0 Å². The van der Waals surface area contributed by atoms with E-state index in [1.165, 1.54) is 6.07 Å². The van der Waals surface area contributed by atoms with Gasteiger partial charge in [-0.1, -0.05) is 13.8 Å². The Labute approximate surface area is 87.5 Å². The van der Waals surface area contributed by atoms with E-state index in [9.17, 15) is 8.78 Å². The average molecular weight is 212 g/mol. The molecule has 0 saturated carbocycles. The molecule has 4 heteroatoms. The summed E-state index contributed by atoms with van der Waals surface area (Å²) in [6.45, 7) is 3.91. The van der Waals surface area contributed by atoms with Crippen molar-refractivity contribution in [1.82, 2.24) is 0 Å². The summed E-state index contributed by atoms with van der Waals surface area (Å²) in [5.41, 5.74) is 7.57. The van der Waals surface area contributed by atoms with Gasteiger partial charge in [-0.2, -0.15) is 0 Å². The van der Waals surface area contributed by atoms with Gasteiger partial charge < -0.3 is 11.1 Å². The van der Waals surface area contributed by atoms with Gasteiger partial charge in [0.2, 0.25) is 0 Å². The number of anilines is 1. The van der Waals surface area contributed by atoms with Gasteiger partial charge in [-0.3, -0.25) is 0 Å². The molecule has 2 nitrogen and oxygen atoms in total. The Bertz CT molecular complexity index is 402. The third-order valence-electron chi connectivity index (χ3n) is 2.74. The molecule has 1 heterocycles. The van der Waals surface area contributed by atoms with Crippen molar-refractivity contribution in [2.75, 3.05) is 5.32 Å². The van der Waals surface area contributed by atoms with Gasteiger partial charge in [0.15, 0.2) is 11.6 Å². The first-order valence-corrected chi connectivity index (χ1v) is 5.03. The number of hydrogen-bond donors (Lipinski definition) is 2. The molecule has 0 radical (unpaired) electrons. The van der Waals surface area contributed by atoms with Crippen molar-refractivity contribution >= 4 is 5.69 Å². The maximum atomic E-state index is 13.4. The molecule has 1 aromatic rings. The highest BCUT2D eigenvalue weighted by Crippen LogP contribution is 2.35. The lowest BCUT2D eigenvalue weighted by molar-refractivity contribution is 0.509. The van der Waals surface area contributed by atoms with Crippen LogP contribution in [0.15, 0.2) is 6.07 Å². The van der Waals surface area contributed by atoms with E-state index in [0.717, 1.165) is 11.1 Å². The Morgan fingerprint density at radius 2 is 2.13 bits per heavy atom. The van der Waals surface area contributed by atoms with Gasteiger partial charge in [0.05, 0.1) is 11.9 Å². The SMILES string of the molecule is CC(C)c1cc(F)c(F)c2c1CC(N)N2. The maximum Gasteiger partial charge on any atom is 0.182 e. The van der Waals surface area contributed by atoms with Crippen molar-refractivity contribution in [3.05, 3.63) is 28.8 Å². The van der Waals surface area contributed by atoms with Gasteiger partial charge in [0.1, 0.15) is 0 Å². The molecule has 2 rings (SSSR count). The zero-order valence-corrected chi connectivity index (χ0v) is 8.77. The first-order chi connectivity index (χ1) is 7.00. The lowest BCUT2D eigenvalue weighted by Crippen LogP contribution is -2.26. The molecule has 1 aliphatic heterocycles. The predicted octanol–water partition coefficient (Wildman–Crippen LogP) is 2.34. The molecule has 1 aliphatic rings. The third kappa shape index (κ3) is 1.59. The van der Waals surface area contributed by atoms with Crippen LogP contribution in [0.4, 0.5) is 14.5 Å². The topological polar surface area (TPSA) is 38.0 Å². The highest BCUT2D eigenvalue weighted by molar-refractivity contribution is 5.61. The molecule has 0 fully saturated rings. The van der Waals surface area contributed by atoms with E-state index in [1.807, 2.05) is 13.8 Å². The number of fused-ring (bicyclic) bond motifs is 1. The number of hydrogen-bond acceptors (Lipinski definition) is 2. The van der Waals surface area contributed by atoms with E-state index in [-0.39, 0.29) is 17.8 Å². The van der Waals surface area contributed by atoms with Crippen molar-refractivity contribution in [2.24, 2.45) is 5.73 Å². The molecular weight excluding hydrogens is 198 g/mol. The summed E-state index contributed by atoms with van der Waals surface area (Å²) in [5, 5.41) is 2.76. The number of benzene rings is 1. The smallest absolute Gasteiger partial charge is 0.182 e. The Kier molecular flexibility index (Phi) is 2.38. The quantitative estimate of drug-likeness (QED) is 0.749. The average Bonchev–Trinajstić information content (AvgIpc) is 2.53. The van der Waals surface area contributed by atoms with Crippen LogP contribution in [0.3, 0.4) is 0 Å². The number of rotatable bonds is 1. The summed E-state index contributed by atoms with van der Waals surface area (Å²) in [6.07, 6.45) is 0.244. The molecule has 0 aromatic heterocycles. The molecular formula is C11H14F2N2. The number of halogens is 2. The van der Waals surface area contributed by atoms with Crippen molar-refractivity contribution in [3.63, 3.8) is 0 Å². The van der Waals surface area contributed by atoms with Crippen LogP contribution in [0, 0.1) is 11.6 Å². The fraction of sp³-hybridized carbons (Fsp3) is 0.455. The molecule has 0 aliphatic carbocycles. The molecule has 15 heavy (non-hydrogen) atoms. The van der Waals surface area contributed by atoms with Gasteiger partial charge in [0.25, 0.3) is 0 Å². The molecule has 0 saturated heterocycles. The van der Waals surface area contributed by atoms with Gasteiger partial charge >= 0.3 is 0 Å². The predicted molar refractivity (Wildman–Crippen MR) is 55.7 cm³/mol. The van der Waals surface area contributed by atoms with Crippen LogP contribution in [0.1, 0.15) is 30.9 Å². The minimum absolute atomic E-state index is 0.168. The van der Waals surface area contributed by atoms with Crippen LogP contribution < -0.4 is 11.1 Å². The van der Waals surface area contributed by atoms with Crippen molar-refractivity contribution in [2.45, 2.75) is 32.4 Å². The Morgan fingerprint density at radius 1 is 1.47 bits per heavy atom. The summed E-state index contributed by atoms with van der Waals surface area (Å²) in [5.74, 6) is -1.46. The fourth-order valence-corrected chi connectivity index (χ4v) is 2.03. The van der Waals surface area contributed by atoms with E-state index in [4.69, 9.17) is 5.73 Å². The van der Waals surface area contributed by atoms with E-state index in [2.05, 4.69) is 5.32 Å². The normalized spacial score (nSPS) is 19.2. The first-order valence-electron chi connectivity index (χ1n) is 5.03. The Hall–Kier alpha value is -1.16. The molecule has 0 spiro atoms. The van der Waals surface area contributed by atoms with Crippen molar-refractivity contribution in [3.8, 4) is 0 Å². The number of nitrogens with one attached hydrogen (secondary N) is 1. The molecule has 0 amide bonds. The van der Waals surface area contributed by atoms with E-state index in [0.29, 0.717) is 6.42 Å². The van der Waals surface area contributed by atoms with Gasteiger partial charge in [-0.25, -0.2) is 8.78 Å². The van der Waals surface area contributed by atoms with Gasteiger partial charge in [-0.15, -0.1) is 0 Å². The lowest BCUT2D eigenvalue weighted by atomic mass is 9.95. The summed E-state index contributed by atoms with van der Waals surface area (Å²) >= 11 is 0. The Balaban J connectivity index is 2.61. The second kappa shape index (κ2) is 3.45. The summed E-state index contributed by atoms with van der Waals surface area (Å²) in [6, 6.07) is 1.28. The largest absolute Gasteiger partial charge is 0.367 e. The molecule has 82 valence electrons. The zero-order chi connectivity index (χ0) is 11.2. The number of nitrogens with two attached hydrogens (primary N) is 1. The zero-order valence-electron chi connectivity index (χ0n) is 8.77. The van der Waals surface area contributed by atoms with Crippen molar-refractivity contribution in [1.29, 1.82) is 0 Å². The minimum atomic E-state index is -0.817. The minimum Gasteiger partial charge on any atom is -0.367 e. The summed E-state index contributed by atoms with van der Waals surface area (Å²) in [4.78, 5) is 0. The maximum absolute atomic E-state index is 13.4. The van der Waals surface area contributed by atoms with Crippen LogP contribution >= 0.6 is 0 Å². The fourth-order valence-electron chi connectivity index (χ4n) is 2.03. The second-order valence-corrected chi connectivity index (χ2v) is 4.22. The van der Waals surface area contributed by atoms with E-state index in [1.54, 1.807) is 0 Å². The van der Waals surface area contributed by atoms with E-state index >= 15 is 0 Å². The van der Waals surface area contributed by atoms with E-state index < -0.39 is 11.6 Å². The van der Waals surface area contributed by atoms with Crippen LogP contribution in [-0.4, -0.2) is 6.17 Å². The van der Waals surface area contributed by atoms with Crippen LogP contribution in [-0.2, 0) is 6.42 Å². The van der Waals surface area contributed by atoms with Gasteiger partial charge in [-0.05, 0) is 23.1 Å². The van der Waals surface area contributed by atoms with Crippen molar-refractivity contribution < 1.29 is 8.78 Å². The monoisotopic (exact) mass is 212 g/mol. The molecule has 1 aromatic carbocycles. The van der Waals surface area contributed by atoms with Crippen LogP contribution in [0.5, 0.6) is 0 Å². The lowest BCUT2D eigenvalue weighted by Gasteiger charge is -2.12. The summed E-state index contributed by atoms with van der Waals surface area (Å²) < 4.78 is 26.7. The molecule has 1 unspecified atom stereocenters. The summed E-state index contributed by atoms with van der Waals surface area (Å²) in [7, 11) is 0. The Morgan fingerprint density at radius 3 is 2.73 bits per heavy atom. The standard InChI is InChI=1S/C11H14F2N2/c1-5(2)6-3-8(12)10(13)11-7(6)4-9(14)15-11/h3,5,9,15H,4,14H2,1-2H3. The molecule has 0 bridgehead atoms. The third-order valence-corrected chi connectivity index (χ3v) is 2.74. The highest BCUT2D eigenvalue weighted by atomic mass is 19.2. The molecule has 3 N–H and O–H groups in total.